The van der Waals surface area contributed by atoms with Crippen LogP contribution < -0.4 is 10.2 Å². The molecule has 0 spiro atoms. The number of amides is 1. The largest absolute Gasteiger partial charge is 0.381 e. The van der Waals surface area contributed by atoms with Gasteiger partial charge in [0.05, 0.1) is 17.4 Å². The van der Waals surface area contributed by atoms with Gasteiger partial charge >= 0.3 is 0 Å². The molecule has 1 aliphatic carbocycles. The molecule has 25 heavy (non-hydrogen) atoms. The fourth-order valence-electron chi connectivity index (χ4n) is 3.54. The number of aromatic nitrogens is 2. The molecule has 1 N–H and O–H groups in total. The van der Waals surface area contributed by atoms with Crippen LogP contribution in [0.5, 0.6) is 0 Å². The van der Waals surface area contributed by atoms with E-state index < -0.39 is 0 Å². The number of rotatable bonds is 4. The molecular formula is C18H29N5O2. The second kappa shape index (κ2) is 8.10. The van der Waals surface area contributed by atoms with Crippen LogP contribution >= 0.6 is 0 Å². The van der Waals surface area contributed by atoms with Crippen LogP contribution in [0.25, 0.3) is 0 Å². The van der Waals surface area contributed by atoms with Gasteiger partial charge in [0, 0.05) is 45.5 Å². The van der Waals surface area contributed by atoms with Crippen molar-refractivity contribution in [1.29, 1.82) is 0 Å². The van der Waals surface area contributed by atoms with Crippen molar-refractivity contribution < 1.29 is 9.53 Å². The molecule has 1 saturated carbocycles. The third-order valence-electron chi connectivity index (χ3n) is 5.34. The normalized spacial score (nSPS) is 25.0. The topological polar surface area (TPSA) is 70.6 Å². The molecule has 2 heterocycles. The van der Waals surface area contributed by atoms with E-state index in [1.807, 2.05) is 6.92 Å². The van der Waals surface area contributed by atoms with E-state index in [0.717, 1.165) is 63.5 Å². The molecule has 1 amide bonds. The molecule has 0 atom stereocenters. The SMILES string of the molecule is COC1CCC(NC(=O)c2cnc(N3CCN(C)CC3)nc2C)CC1. The monoisotopic (exact) mass is 347 g/mol. The summed E-state index contributed by atoms with van der Waals surface area (Å²) in [7, 11) is 3.88. The Kier molecular flexibility index (Phi) is 5.86. The lowest BCUT2D eigenvalue weighted by Gasteiger charge is -2.32. The number of methoxy groups -OCH3 is 1. The fourth-order valence-corrected chi connectivity index (χ4v) is 3.54. The average molecular weight is 347 g/mol. The first-order valence-electron chi connectivity index (χ1n) is 9.17. The highest BCUT2D eigenvalue weighted by Crippen LogP contribution is 2.21. The van der Waals surface area contributed by atoms with Gasteiger partial charge in [-0.3, -0.25) is 4.79 Å². The maximum Gasteiger partial charge on any atom is 0.254 e. The number of nitrogens with zero attached hydrogens (tertiary/aromatic N) is 4. The molecule has 7 heteroatoms. The van der Waals surface area contributed by atoms with Gasteiger partial charge in [-0.25, -0.2) is 9.97 Å². The minimum Gasteiger partial charge on any atom is -0.381 e. The van der Waals surface area contributed by atoms with Crippen LogP contribution in [-0.2, 0) is 4.74 Å². The van der Waals surface area contributed by atoms with Gasteiger partial charge in [0.1, 0.15) is 0 Å². The van der Waals surface area contributed by atoms with Crippen LogP contribution in [-0.4, -0.2) is 73.3 Å². The van der Waals surface area contributed by atoms with Gasteiger partial charge in [0.15, 0.2) is 0 Å². The van der Waals surface area contributed by atoms with Gasteiger partial charge in [0.2, 0.25) is 5.95 Å². The number of nitrogens with one attached hydrogen (secondary N) is 1. The maximum atomic E-state index is 12.6. The highest BCUT2D eigenvalue weighted by Gasteiger charge is 2.24. The number of piperazine rings is 1. The Labute approximate surface area is 149 Å². The van der Waals surface area contributed by atoms with Crippen molar-refractivity contribution in [2.75, 3.05) is 45.2 Å². The molecule has 0 unspecified atom stereocenters. The van der Waals surface area contributed by atoms with E-state index in [-0.39, 0.29) is 11.9 Å². The standard InChI is InChI=1S/C18H29N5O2/c1-13-16(17(24)21-14-4-6-15(25-3)7-5-14)12-19-18(20-13)23-10-8-22(2)9-11-23/h12,14-15H,4-11H2,1-3H3,(H,21,24). The Hall–Kier alpha value is -1.73. The second-order valence-electron chi connectivity index (χ2n) is 7.14. The van der Waals surface area contributed by atoms with Crippen LogP contribution in [0.1, 0.15) is 41.7 Å². The number of ether oxygens (including phenoxy) is 1. The van der Waals surface area contributed by atoms with Crippen molar-refractivity contribution in [3.63, 3.8) is 0 Å². The Morgan fingerprint density at radius 1 is 1.20 bits per heavy atom. The quantitative estimate of drug-likeness (QED) is 0.883. The van der Waals surface area contributed by atoms with Gasteiger partial charge in [0.25, 0.3) is 5.91 Å². The fraction of sp³-hybridized carbons (Fsp3) is 0.722. The van der Waals surface area contributed by atoms with E-state index in [4.69, 9.17) is 4.74 Å². The number of carbonyl (C=O) groups excluding carboxylic acids is 1. The number of aryl methyl sites for hydroxylation is 1. The van der Waals surface area contributed by atoms with E-state index in [9.17, 15) is 4.79 Å². The number of hydrogen-bond acceptors (Lipinski definition) is 6. The van der Waals surface area contributed by atoms with Gasteiger partial charge in [-0.15, -0.1) is 0 Å². The predicted octanol–water partition coefficient (Wildman–Crippen LogP) is 1.22. The number of carbonyl (C=O) groups is 1. The minimum atomic E-state index is -0.0664. The van der Waals surface area contributed by atoms with Crippen LogP contribution in [0.2, 0.25) is 0 Å². The minimum absolute atomic E-state index is 0.0664. The lowest BCUT2D eigenvalue weighted by Crippen LogP contribution is -2.45. The summed E-state index contributed by atoms with van der Waals surface area (Å²) in [6.07, 6.45) is 5.93. The summed E-state index contributed by atoms with van der Waals surface area (Å²) < 4.78 is 5.39. The lowest BCUT2D eigenvalue weighted by atomic mass is 9.93. The van der Waals surface area contributed by atoms with Crippen LogP contribution in [0.3, 0.4) is 0 Å². The summed E-state index contributed by atoms with van der Waals surface area (Å²) in [5, 5.41) is 3.13. The molecular weight excluding hydrogens is 318 g/mol. The van der Waals surface area contributed by atoms with Crippen molar-refractivity contribution in [2.24, 2.45) is 0 Å². The lowest BCUT2D eigenvalue weighted by molar-refractivity contribution is 0.0599. The molecule has 1 aromatic heterocycles. The molecule has 7 nitrogen and oxygen atoms in total. The Morgan fingerprint density at radius 2 is 1.88 bits per heavy atom. The third kappa shape index (κ3) is 4.46. The van der Waals surface area contributed by atoms with Crippen molar-refractivity contribution >= 4 is 11.9 Å². The van der Waals surface area contributed by atoms with E-state index in [1.54, 1.807) is 13.3 Å². The Bertz CT molecular complexity index is 593. The zero-order chi connectivity index (χ0) is 17.8. The van der Waals surface area contributed by atoms with Crippen LogP contribution in [0.4, 0.5) is 5.95 Å². The second-order valence-corrected chi connectivity index (χ2v) is 7.14. The van der Waals surface area contributed by atoms with Crippen molar-refractivity contribution in [3.05, 3.63) is 17.5 Å². The summed E-state index contributed by atoms with van der Waals surface area (Å²) in [5.74, 6) is 0.658. The molecule has 3 rings (SSSR count). The summed E-state index contributed by atoms with van der Waals surface area (Å²) in [6, 6.07) is 0.218. The molecule has 2 fully saturated rings. The molecule has 1 aliphatic heterocycles. The molecule has 1 aromatic rings. The summed E-state index contributed by atoms with van der Waals surface area (Å²) in [6.45, 7) is 5.75. The van der Waals surface area contributed by atoms with E-state index in [1.165, 1.54) is 0 Å². The van der Waals surface area contributed by atoms with Gasteiger partial charge in [-0.2, -0.15) is 0 Å². The van der Waals surface area contributed by atoms with Crippen molar-refractivity contribution in [2.45, 2.75) is 44.8 Å². The average Bonchev–Trinajstić information content (AvgIpc) is 2.62. The van der Waals surface area contributed by atoms with Crippen molar-refractivity contribution in [3.8, 4) is 0 Å². The van der Waals surface area contributed by atoms with Gasteiger partial charge in [-0.1, -0.05) is 0 Å². The Balaban J connectivity index is 1.59. The highest BCUT2D eigenvalue weighted by atomic mass is 16.5. The van der Waals surface area contributed by atoms with E-state index in [0.29, 0.717) is 11.7 Å². The van der Waals surface area contributed by atoms with E-state index >= 15 is 0 Å². The van der Waals surface area contributed by atoms with Gasteiger partial charge in [-0.05, 0) is 39.7 Å². The first-order chi connectivity index (χ1) is 12.1. The number of hydrogen-bond donors (Lipinski definition) is 1. The molecule has 0 bridgehead atoms. The molecule has 138 valence electrons. The first kappa shape index (κ1) is 18.1. The number of anilines is 1. The van der Waals surface area contributed by atoms with Gasteiger partial charge < -0.3 is 19.9 Å². The zero-order valence-electron chi connectivity index (χ0n) is 15.5. The zero-order valence-corrected chi connectivity index (χ0v) is 15.5. The van der Waals surface area contributed by atoms with Crippen LogP contribution in [0.15, 0.2) is 6.20 Å². The summed E-state index contributed by atoms with van der Waals surface area (Å²) in [4.78, 5) is 26.1. The maximum absolute atomic E-state index is 12.6. The van der Waals surface area contributed by atoms with Crippen LogP contribution in [0, 0.1) is 6.92 Å². The predicted molar refractivity (Wildman–Crippen MR) is 97.0 cm³/mol. The molecule has 2 aliphatic rings. The molecule has 0 radical (unpaired) electrons. The van der Waals surface area contributed by atoms with E-state index in [2.05, 4.69) is 32.1 Å². The molecule has 1 saturated heterocycles. The number of likely N-dealkylation sites (N-methyl/N-ethyl adjacent to an activating group) is 1. The smallest absolute Gasteiger partial charge is 0.254 e. The third-order valence-corrected chi connectivity index (χ3v) is 5.34. The van der Waals surface area contributed by atoms with Crippen molar-refractivity contribution in [1.82, 2.24) is 20.2 Å². The molecule has 0 aromatic carbocycles. The first-order valence-corrected chi connectivity index (χ1v) is 9.17. The summed E-state index contributed by atoms with van der Waals surface area (Å²) in [5.41, 5.74) is 1.32. The highest BCUT2D eigenvalue weighted by molar-refractivity contribution is 5.95. The summed E-state index contributed by atoms with van der Waals surface area (Å²) >= 11 is 0. The Morgan fingerprint density at radius 3 is 2.48 bits per heavy atom.